The van der Waals surface area contributed by atoms with Gasteiger partial charge < -0.3 is 4.84 Å². The minimum atomic E-state index is -0.411. The van der Waals surface area contributed by atoms with Crippen LogP contribution < -0.4 is 0 Å². The maximum absolute atomic E-state index is 11.7. The summed E-state index contributed by atoms with van der Waals surface area (Å²) >= 11 is 4.91. The molecule has 5 heteroatoms. The van der Waals surface area contributed by atoms with E-state index in [0.29, 0.717) is 11.3 Å². The average Bonchev–Trinajstić information content (AvgIpc) is 3.03. The molecule has 0 N–H and O–H groups in total. The molecule has 3 nitrogen and oxygen atoms in total. The highest BCUT2D eigenvalue weighted by molar-refractivity contribution is 9.10. The SMILES string of the molecule is O=C1ON=C(c2cccs2)/C1=C/c1ccc(Br)cc1. The summed E-state index contributed by atoms with van der Waals surface area (Å²) in [7, 11) is 0. The summed E-state index contributed by atoms with van der Waals surface area (Å²) in [5, 5.41) is 5.80. The molecule has 94 valence electrons. The van der Waals surface area contributed by atoms with Gasteiger partial charge >= 0.3 is 5.97 Å². The van der Waals surface area contributed by atoms with Crippen molar-refractivity contribution in [2.75, 3.05) is 0 Å². The summed E-state index contributed by atoms with van der Waals surface area (Å²) in [5.74, 6) is -0.411. The second-order valence-electron chi connectivity index (χ2n) is 3.91. The van der Waals surface area contributed by atoms with Crippen LogP contribution in [-0.4, -0.2) is 11.7 Å². The third-order valence-electron chi connectivity index (χ3n) is 2.63. The lowest BCUT2D eigenvalue weighted by atomic mass is 10.1. The molecular formula is C14H8BrNO2S. The number of rotatable bonds is 2. The van der Waals surface area contributed by atoms with Gasteiger partial charge in [-0.1, -0.05) is 39.3 Å². The van der Waals surface area contributed by atoms with Crippen LogP contribution in [0.4, 0.5) is 0 Å². The average molecular weight is 334 g/mol. The standard InChI is InChI=1S/C14H8BrNO2S/c15-10-5-3-9(4-6-10)8-11-13(16-18-14(11)17)12-2-1-7-19-12/h1-8H/b11-8-. The van der Waals surface area contributed by atoms with E-state index in [0.717, 1.165) is 14.9 Å². The first-order valence-electron chi connectivity index (χ1n) is 5.55. The molecule has 2 heterocycles. The molecule has 1 aliphatic heterocycles. The highest BCUT2D eigenvalue weighted by Gasteiger charge is 2.27. The van der Waals surface area contributed by atoms with Crippen molar-refractivity contribution in [3.63, 3.8) is 0 Å². The molecule has 0 unspecified atom stereocenters. The minimum Gasteiger partial charge on any atom is -0.312 e. The lowest BCUT2D eigenvalue weighted by molar-refractivity contribution is -0.136. The van der Waals surface area contributed by atoms with Crippen LogP contribution in [0.15, 0.2) is 57.0 Å². The zero-order valence-electron chi connectivity index (χ0n) is 9.67. The van der Waals surface area contributed by atoms with Crippen molar-refractivity contribution >= 4 is 45.0 Å². The van der Waals surface area contributed by atoms with Gasteiger partial charge in [-0.2, -0.15) is 0 Å². The van der Waals surface area contributed by atoms with E-state index in [-0.39, 0.29) is 0 Å². The Hall–Kier alpha value is -1.72. The van der Waals surface area contributed by atoms with Crippen molar-refractivity contribution in [1.82, 2.24) is 0 Å². The van der Waals surface area contributed by atoms with Gasteiger partial charge in [0.05, 0.1) is 10.5 Å². The lowest BCUT2D eigenvalue weighted by Gasteiger charge is -1.98. The van der Waals surface area contributed by atoms with E-state index >= 15 is 0 Å². The Balaban J connectivity index is 2.00. The Labute approximate surface area is 122 Å². The summed E-state index contributed by atoms with van der Waals surface area (Å²) in [5.41, 5.74) is 2.02. The number of hydrogen-bond donors (Lipinski definition) is 0. The monoisotopic (exact) mass is 333 g/mol. The Morgan fingerprint density at radius 3 is 2.68 bits per heavy atom. The molecule has 2 aromatic rings. The normalized spacial score (nSPS) is 16.6. The highest BCUT2D eigenvalue weighted by Crippen LogP contribution is 2.23. The van der Waals surface area contributed by atoms with E-state index in [1.165, 1.54) is 11.3 Å². The fraction of sp³-hybridized carbons (Fsp3) is 0. The van der Waals surface area contributed by atoms with Gasteiger partial charge in [0.15, 0.2) is 0 Å². The van der Waals surface area contributed by atoms with Gasteiger partial charge in [0.25, 0.3) is 0 Å². The van der Waals surface area contributed by atoms with Gasteiger partial charge in [-0.05, 0) is 35.2 Å². The third-order valence-corrected chi connectivity index (χ3v) is 4.04. The van der Waals surface area contributed by atoms with Crippen molar-refractivity contribution in [2.24, 2.45) is 5.16 Å². The zero-order chi connectivity index (χ0) is 13.2. The molecule has 0 bridgehead atoms. The first kappa shape index (κ1) is 12.3. The summed E-state index contributed by atoms with van der Waals surface area (Å²) in [6.07, 6.45) is 1.79. The molecule has 1 aromatic carbocycles. The zero-order valence-corrected chi connectivity index (χ0v) is 12.1. The Kier molecular flexibility index (Phi) is 3.31. The van der Waals surface area contributed by atoms with Crippen molar-refractivity contribution < 1.29 is 9.63 Å². The van der Waals surface area contributed by atoms with Gasteiger partial charge in [0.1, 0.15) is 5.71 Å². The van der Waals surface area contributed by atoms with E-state index in [2.05, 4.69) is 21.1 Å². The molecule has 0 fully saturated rings. The van der Waals surface area contributed by atoms with E-state index in [9.17, 15) is 4.79 Å². The number of carbonyl (C=O) groups excluding carboxylic acids is 1. The maximum atomic E-state index is 11.7. The fourth-order valence-corrected chi connectivity index (χ4v) is 2.71. The first-order chi connectivity index (χ1) is 9.24. The molecule has 0 amide bonds. The summed E-state index contributed by atoms with van der Waals surface area (Å²) < 4.78 is 0.996. The van der Waals surface area contributed by atoms with Crippen LogP contribution >= 0.6 is 27.3 Å². The molecular weight excluding hydrogens is 326 g/mol. The summed E-state index contributed by atoms with van der Waals surface area (Å²) in [4.78, 5) is 17.4. The molecule has 0 saturated heterocycles. The van der Waals surface area contributed by atoms with Gasteiger partial charge in [-0.3, -0.25) is 0 Å². The maximum Gasteiger partial charge on any atom is 0.368 e. The van der Waals surface area contributed by atoms with Gasteiger partial charge in [-0.25, -0.2) is 4.79 Å². The molecule has 1 aromatic heterocycles. The molecule has 1 aliphatic rings. The summed E-state index contributed by atoms with van der Waals surface area (Å²) in [6.45, 7) is 0. The van der Waals surface area contributed by atoms with E-state index < -0.39 is 5.97 Å². The van der Waals surface area contributed by atoms with Crippen molar-refractivity contribution in [3.05, 3.63) is 62.3 Å². The molecule has 19 heavy (non-hydrogen) atoms. The topological polar surface area (TPSA) is 38.7 Å². The van der Waals surface area contributed by atoms with Crippen LogP contribution in [0.1, 0.15) is 10.4 Å². The smallest absolute Gasteiger partial charge is 0.312 e. The molecule has 3 rings (SSSR count). The number of nitrogens with zero attached hydrogens (tertiary/aromatic N) is 1. The number of thiophene rings is 1. The highest BCUT2D eigenvalue weighted by atomic mass is 79.9. The van der Waals surface area contributed by atoms with Crippen LogP contribution in [0.5, 0.6) is 0 Å². The first-order valence-corrected chi connectivity index (χ1v) is 7.22. The molecule has 0 saturated carbocycles. The molecule has 0 spiro atoms. The van der Waals surface area contributed by atoms with Crippen LogP contribution in [0, 0.1) is 0 Å². The van der Waals surface area contributed by atoms with Crippen LogP contribution in [0.3, 0.4) is 0 Å². The Bertz CT molecular complexity index is 672. The van der Waals surface area contributed by atoms with E-state index in [1.54, 1.807) is 6.08 Å². The van der Waals surface area contributed by atoms with Crippen molar-refractivity contribution in [3.8, 4) is 0 Å². The second-order valence-corrected chi connectivity index (χ2v) is 5.77. The fourth-order valence-electron chi connectivity index (χ4n) is 1.73. The number of carbonyl (C=O) groups is 1. The van der Waals surface area contributed by atoms with Crippen molar-refractivity contribution in [2.45, 2.75) is 0 Å². The van der Waals surface area contributed by atoms with E-state index in [1.807, 2.05) is 41.8 Å². The molecule has 0 atom stereocenters. The number of halogens is 1. The Morgan fingerprint density at radius 2 is 2.00 bits per heavy atom. The largest absolute Gasteiger partial charge is 0.368 e. The number of oxime groups is 1. The van der Waals surface area contributed by atoms with E-state index in [4.69, 9.17) is 4.84 Å². The third kappa shape index (κ3) is 2.52. The van der Waals surface area contributed by atoms with Crippen molar-refractivity contribution in [1.29, 1.82) is 0 Å². The summed E-state index contributed by atoms with van der Waals surface area (Å²) in [6, 6.07) is 11.5. The quantitative estimate of drug-likeness (QED) is 0.618. The van der Waals surface area contributed by atoms with Crippen LogP contribution in [0.2, 0.25) is 0 Å². The Morgan fingerprint density at radius 1 is 1.21 bits per heavy atom. The van der Waals surface area contributed by atoms with Gasteiger partial charge in [-0.15, -0.1) is 11.3 Å². The number of benzene rings is 1. The molecule has 0 radical (unpaired) electrons. The van der Waals surface area contributed by atoms with Crippen LogP contribution in [-0.2, 0) is 9.63 Å². The molecule has 0 aliphatic carbocycles. The second kappa shape index (κ2) is 5.11. The number of hydrogen-bond acceptors (Lipinski definition) is 4. The predicted octanol–water partition coefficient (Wildman–Crippen LogP) is 3.86. The lowest BCUT2D eigenvalue weighted by Crippen LogP contribution is -2.05. The predicted molar refractivity (Wildman–Crippen MR) is 79.1 cm³/mol. The van der Waals surface area contributed by atoms with Crippen LogP contribution in [0.25, 0.3) is 6.08 Å². The van der Waals surface area contributed by atoms with Gasteiger partial charge in [0.2, 0.25) is 0 Å². The van der Waals surface area contributed by atoms with Gasteiger partial charge in [0, 0.05) is 4.47 Å². The minimum absolute atomic E-state index is 0.411.